The van der Waals surface area contributed by atoms with E-state index in [2.05, 4.69) is 88.9 Å². The molecule has 50 heavy (non-hydrogen) atoms. The first-order chi connectivity index (χ1) is 24.1. The molecule has 0 N–H and O–H groups in total. The molecule has 0 radical (unpaired) electrons. The third-order valence-electron chi connectivity index (χ3n) is 10.1. The summed E-state index contributed by atoms with van der Waals surface area (Å²) in [7, 11) is 13.7. The smallest absolute Gasteiger partial charge is 0.115 e. The van der Waals surface area contributed by atoms with Crippen molar-refractivity contribution in [2.24, 2.45) is 10.2 Å². The second-order valence-electron chi connectivity index (χ2n) is 17.0. The van der Waals surface area contributed by atoms with E-state index in [1.165, 1.54) is 129 Å². The van der Waals surface area contributed by atoms with Crippen LogP contribution in [0.1, 0.15) is 152 Å². The molecule has 2 aromatic rings. The van der Waals surface area contributed by atoms with Crippen molar-refractivity contribution in [1.29, 1.82) is 0 Å². The van der Waals surface area contributed by atoms with Crippen LogP contribution in [-0.2, 0) is 9.47 Å². The fourth-order valence-corrected chi connectivity index (χ4v) is 7.05. The van der Waals surface area contributed by atoms with Gasteiger partial charge in [0.25, 0.3) is 0 Å². The molecular formula is C44H76N4O2+2. The maximum atomic E-state index is 6.77. The third-order valence-corrected chi connectivity index (χ3v) is 10.1. The summed E-state index contributed by atoms with van der Waals surface area (Å²) in [6.45, 7) is 4.05. The Kier molecular flexibility index (Phi) is 20.5. The van der Waals surface area contributed by atoms with E-state index in [4.69, 9.17) is 9.47 Å². The standard InChI is InChI=1S/C44H76N4O2/c1-47(2,3)35-27-19-15-11-7-9-13-17-21-29-37-49-43-39-31-23-25-33-41(39)45-46-42-34-26-24-32-40(42)44(43)50-38-30-22-18-14-10-8-12-16-20-28-36-48(4,5)6/h23-26,31-34,43-44H,7-22,27-30,35-38H2,1-6H3/q+2/t43-,44+. The molecule has 0 spiro atoms. The lowest BCUT2D eigenvalue weighted by Crippen LogP contribution is -2.35. The van der Waals surface area contributed by atoms with E-state index in [0.717, 1.165) is 57.5 Å². The van der Waals surface area contributed by atoms with Crippen LogP contribution in [0, 0.1) is 0 Å². The molecule has 0 aromatic heterocycles. The molecule has 3 rings (SSSR count). The van der Waals surface area contributed by atoms with Gasteiger partial charge in [0.05, 0.1) is 66.8 Å². The molecule has 282 valence electrons. The van der Waals surface area contributed by atoms with Gasteiger partial charge in [-0.25, -0.2) is 0 Å². The minimum atomic E-state index is -0.203. The fraction of sp³-hybridized carbons (Fsp3) is 0.727. The molecule has 2 aromatic carbocycles. The normalized spacial score (nSPS) is 16.2. The van der Waals surface area contributed by atoms with E-state index >= 15 is 0 Å². The highest BCUT2D eigenvalue weighted by molar-refractivity contribution is 5.54. The van der Waals surface area contributed by atoms with Crippen molar-refractivity contribution in [3.63, 3.8) is 0 Å². The van der Waals surface area contributed by atoms with Crippen molar-refractivity contribution >= 4 is 11.4 Å². The topological polar surface area (TPSA) is 43.2 Å². The first-order valence-electron chi connectivity index (χ1n) is 20.6. The van der Waals surface area contributed by atoms with Gasteiger partial charge < -0.3 is 18.4 Å². The summed E-state index contributed by atoms with van der Waals surface area (Å²) in [5, 5.41) is 9.31. The monoisotopic (exact) mass is 693 g/mol. The number of rotatable bonds is 28. The number of nitrogens with zero attached hydrogens (tertiary/aromatic N) is 4. The Morgan fingerprint density at radius 2 is 0.680 bits per heavy atom. The number of fused-ring (bicyclic) bond motifs is 2. The number of hydrogen-bond acceptors (Lipinski definition) is 4. The second-order valence-corrected chi connectivity index (χ2v) is 17.0. The Bertz CT molecular complexity index is 1090. The minimum absolute atomic E-state index is 0.203. The zero-order valence-electron chi connectivity index (χ0n) is 33.3. The van der Waals surface area contributed by atoms with Crippen LogP contribution in [0.25, 0.3) is 0 Å². The number of unbranched alkanes of at least 4 members (excludes halogenated alkanes) is 18. The molecular weight excluding hydrogens is 617 g/mol. The Morgan fingerprint density at radius 1 is 0.400 bits per heavy atom. The molecule has 0 fully saturated rings. The molecule has 1 aliphatic rings. The Labute approximate surface area is 308 Å². The van der Waals surface area contributed by atoms with Crippen molar-refractivity contribution in [1.82, 2.24) is 0 Å². The summed E-state index contributed by atoms with van der Waals surface area (Å²) < 4.78 is 15.7. The van der Waals surface area contributed by atoms with E-state index in [1.54, 1.807) is 0 Å². The van der Waals surface area contributed by atoms with Crippen molar-refractivity contribution in [2.45, 2.75) is 141 Å². The molecule has 2 atom stereocenters. The van der Waals surface area contributed by atoms with Crippen LogP contribution in [0.3, 0.4) is 0 Å². The summed E-state index contributed by atoms with van der Waals surface area (Å²) in [5.74, 6) is 0. The number of ether oxygens (including phenoxy) is 2. The number of hydrogen-bond donors (Lipinski definition) is 0. The van der Waals surface area contributed by atoms with Crippen molar-refractivity contribution in [3.05, 3.63) is 59.7 Å². The van der Waals surface area contributed by atoms with Gasteiger partial charge in [-0.3, -0.25) is 0 Å². The van der Waals surface area contributed by atoms with Crippen molar-refractivity contribution in [3.8, 4) is 0 Å². The van der Waals surface area contributed by atoms with Crippen LogP contribution in [0.5, 0.6) is 0 Å². The van der Waals surface area contributed by atoms with Gasteiger partial charge in [0.15, 0.2) is 0 Å². The third kappa shape index (κ3) is 18.4. The molecule has 0 bridgehead atoms. The summed E-state index contributed by atoms with van der Waals surface area (Å²) in [4.78, 5) is 0. The van der Waals surface area contributed by atoms with Crippen molar-refractivity contribution in [2.75, 3.05) is 68.6 Å². The molecule has 6 heteroatoms. The Hall–Kier alpha value is -2.12. The van der Waals surface area contributed by atoms with Gasteiger partial charge in [0.2, 0.25) is 0 Å². The fourth-order valence-electron chi connectivity index (χ4n) is 7.05. The van der Waals surface area contributed by atoms with E-state index in [1.807, 2.05) is 12.1 Å². The highest BCUT2D eigenvalue weighted by Crippen LogP contribution is 2.45. The predicted molar refractivity (Wildman–Crippen MR) is 213 cm³/mol. The Morgan fingerprint density at radius 3 is 1.00 bits per heavy atom. The lowest BCUT2D eigenvalue weighted by molar-refractivity contribution is -0.870. The molecule has 1 heterocycles. The molecule has 0 unspecified atom stereocenters. The largest absolute Gasteiger partial charge is 0.370 e. The summed E-state index contributed by atoms with van der Waals surface area (Å²) in [6, 6.07) is 16.6. The Balaban J connectivity index is 1.40. The predicted octanol–water partition coefficient (Wildman–Crippen LogP) is 12.4. The zero-order chi connectivity index (χ0) is 35.9. The molecule has 0 saturated heterocycles. The highest BCUT2D eigenvalue weighted by Gasteiger charge is 2.31. The van der Waals surface area contributed by atoms with E-state index in [0.29, 0.717) is 0 Å². The summed E-state index contributed by atoms with van der Waals surface area (Å²) in [6.07, 6.45) is 26.0. The lowest BCUT2D eigenvalue weighted by atomic mass is 9.94. The average Bonchev–Trinajstić information content (AvgIpc) is 3.07. The van der Waals surface area contributed by atoms with Crippen molar-refractivity contribution < 1.29 is 18.4 Å². The summed E-state index contributed by atoms with van der Waals surface area (Å²) in [5.41, 5.74) is 3.92. The number of azo groups is 1. The number of quaternary nitrogens is 2. The molecule has 0 saturated carbocycles. The van der Waals surface area contributed by atoms with Gasteiger partial charge in [-0.2, -0.15) is 10.2 Å². The highest BCUT2D eigenvalue weighted by atomic mass is 16.5. The van der Waals surface area contributed by atoms with Gasteiger partial charge in [-0.15, -0.1) is 0 Å². The lowest BCUT2D eigenvalue weighted by Gasteiger charge is -2.31. The van der Waals surface area contributed by atoms with Crippen LogP contribution in [-0.4, -0.2) is 77.6 Å². The molecule has 0 amide bonds. The SMILES string of the molecule is C[N+](C)(C)CCCCCCCCCCCCO[C@@H]1c2ccccc2N=Nc2ccccc2[C@@H]1OCCCCCCCCCCCC[N+](C)(C)C. The molecule has 6 nitrogen and oxygen atoms in total. The van der Waals surface area contributed by atoms with E-state index in [9.17, 15) is 0 Å². The van der Waals surface area contributed by atoms with Gasteiger partial charge in [-0.1, -0.05) is 126 Å². The maximum absolute atomic E-state index is 6.77. The van der Waals surface area contributed by atoms with Crippen LogP contribution in [0.15, 0.2) is 58.8 Å². The first kappa shape index (κ1) is 42.3. The number of benzene rings is 2. The first-order valence-corrected chi connectivity index (χ1v) is 20.6. The van der Waals surface area contributed by atoms with Gasteiger partial charge >= 0.3 is 0 Å². The van der Waals surface area contributed by atoms with Gasteiger partial charge in [0, 0.05) is 24.3 Å². The quantitative estimate of drug-likeness (QED) is 0.0658. The van der Waals surface area contributed by atoms with Gasteiger partial charge in [-0.05, 0) is 50.7 Å². The van der Waals surface area contributed by atoms with E-state index in [-0.39, 0.29) is 12.2 Å². The van der Waals surface area contributed by atoms with Crippen LogP contribution >= 0.6 is 0 Å². The maximum Gasteiger partial charge on any atom is 0.115 e. The average molecular weight is 693 g/mol. The van der Waals surface area contributed by atoms with Gasteiger partial charge in [0.1, 0.15) is 12.2 Å². The second kappa shape index (κ2) is 24.2. The molecule has 0 aliphatic carbocycles. The minimum Gasteiger partial charge on any atom is -0.370 e. The van der Waals surface area contributed by atoms with Crippen LogP contribution in [0.2, 0.25) is 0 Å². The molecule has 1 aliphatic heterocycles. The summed E-state index contributed by atoms with van der Waals surface area (Å²) >= 11 is 0. The van der Waals surface area contributed by atoms with Crippen LogP contribution < -0.4 is 0 Å². The zero-order valence-corrected chi connectivity index (χ0v) is 33.3. The van der Waals surface area contributed by atoms with Crippen LogP contribution in [0.4, 0.5) is 11.4 Å². The van der Waals surface area contributed by atoms with E-state index < -0.39 is 0 Å².